The minimum Gasteiger partial charge on any atom is -0.325 e. The predicted octanol–water partition coefficient (Wildman–Crippen LogP) is 3.08. The highest BCUT2D eigenvalue weighted by Gasteiger charge is 2.16. The lowest BCUT2D eigenvalue weighted by molar-refractivity contribution is 0.582. The number of hydrazone groups is 1. The third-order valence-corrected chi connectivity index (χ3v) is 4.32. The summed E-state index contributed by atoms with van der Waals surface area (Å²) < 4.78 is 29.7. The summed E-state index contributed by atoms with van der Waals surface area (Å²) in [5.74, 6) is -1.41. The third kappa shape index (κ3) is 3.99. The Morgan fingerprint density at radius 3 is 2.57 bits per heavy atom. The molecular weight excluding hydrogens is 384 g/mol. The van der Waals surface area contributed by atoms with Crippen LogP contribution in [0.2, 0.25) is 0 Å². The van der Waals surface area contributed by atoms with Crippen LogP contribution in [0.25, 0.3) is 5.69 Å². The molecule has 0 amide bonds. The largest absolute Gasteiger partial charge is 0.325 e. The summed E-state index contributed by atoms with van der Waals surface area (Å²) in [5, 5.41) is 6.70. The zero-order chi connectivity index (χ0) is 20.3. The molecular formula is C19H17F2N5OS. The Balaban J connectivity index is 1.76. The maximum absolute atomic E-state index is 13.6. The van der Waals surface area contributed by atoms with Gasteiger partial charge in [0.05, 0.1) is 17.6 Å². The molecule has 144 valence electrons. The normalized spacial score (nSPS) is 11.0. The molecule has 0 fully saturated rings. The summed E-state index contributed by atoms with van der Waals surface area (Å²) in [5.41, 5.74) is 4.03. The van der Waals surface area contributed by atoms with Crippen molar-refractivity contribution in [2.75, 3.05) is 5.32 Å². The molecule has 0 aliphatic carbocycles. The first kappa shape index (κ1) is 19.4. The van der Waals surface area contributed by atoms with Crippen LogP contribution in [-0.4, -0.2) is 20.7 Å². The van der Waals surface area contributed by atoms with Crippen LogP contribution in [0.5, 0.6) is 0 Å². The van der Waals surface area contributed by atoms with E-state index in [-0.39, 0.29) is 16.2 Å². The van der Waals surface area contributed by atoms with Gasteiger partial charge >= 0.3 is 0 Å². The van der Waals surface area contributed by atoms with Crippen molar-refractivity contribution in [1.29, 1.82) is 0 Å². The minimum absolute atomic E-state index is 0.0600. The number of para-hydroxylation sites is 1. The molecule has 0 unspecified atom stereocenters. The van der Waals surface area contributed by atoms with E-state index in [1.165, 1.54) is 17.0 Å². The van der Waals surface area contributed by atoms with Gasteiger partial charge < -0.3 is 5.32 Å². The van der Waals surface area contributed by atoms with Crippen molar-refractivity contribution in [2.24, 2.45) is 12.1 Å². The van der Waals surface area contributed by atoms with Crippen LogP contribution >= 0.6 is 12.2 Å². The Morgan fingerprint density at radius 2 is 1.89 bits per heavy atom. The molecule has 1 heterocycles. The number of halogens is 2. The van der Waals surface area contributed by atoms with Crippen LogP contribution in [0.3, 0.4) is 0 Å². The second-order valence-corrected chi connectivity index (χ2v) is 6.33. The summed E-state index contributed by atoms with van der Waals surface area (Å²) in [4.78, 5) is 12.8. The molecule has 0 radical (unpaired) electrons. The van der Waals surface area contributed by atoms with Gasteiger partial charge in [0, 0.05) is 18.7 Å². The van der Waals surface area contributed by atoms with E-state index in [1.54, 1.807) is 18.7 Å². The van der Waals surface area contributed by atoms with Gasteiger partial charge in [-0.25, -0.2) is 13.5 Å². The second kappa shape index (κ2) is 8.13. The topological polar surface area (TPSA) is 63.4 Å². The SMILES string of the molecule is Cc1c(NC(=S)N/N=C\c2ccc(F)cc2F)c(=O)n(-c2ccccc2)n1C. The van der Waals surface area contributed by atoms with E-state index in [1.807, 2.05) is 30.3 Å². The number of rotatable bonds is 4. The van der Waals surface area contributed by atoms with Gasteiger partial charge in [-0.05, 0) is 43.4 Å². The van der Waals surface area contributed by atoms with Gasteiger partial charge in [0.15, 0.2) is 5.11 Å². The van der Waals surface area contributed by atoms with Crippen molar-refractivity contribution in [1.82, 2.24) is 14.8 Å². The summed E-state index contributed by atoms with van der Waals surface area (Å²) in [7, 11) is 1.76. The van der Waals surface area contributed by atoms with Crippen LogP contribution in [0.1, 0.15) is 11.3 Å². The molecule has 0 spiro atoms. The van der Waals surface area contributed by atoms with E-state index in [2.05, 4.69) is 15.8 Å². The maximum Gasteiger partial charge on any atom is 0.295 e. The zero-order valence-corrected chi connectivity index (χ0v) is 15.9. The number of anilines is 1. The van der Waals surface area contributed by atoms with E-state index in [0.29, 0.717) is 11.4 Å². The van der Waals surface area contributed by atoms with Crippen molar-refractivity contribution in [3.8, 4) is 5.69 Å². The molecule has 3 rings (SSSR count). The van der Waals surface area contributed by atoms with E-state index in [4.69, 9.17) is 12.2 Å². The first-order valence-electron chi connectivity index (χ1n) is 8.27. The highest BCUT2D eigenvalue weighted by molar-refractivity contribution is 7.80. The van der Waals surface area contributed by atoms with Crippen molar-refractivity contribution >= 4 is 29.2 Å². The molecule has 0 saturated carbocycles. The van der Waals surface area contributed by atoms with Crippen LogP contribution in [0.4, 0.5) is 14.5 Å². The van der Waals surface area contributed by atoms with Gasteiger partial charge in [0.2, 0.25) is 0 Å². The molecule has 0 aliphatic rings. The first-order chi connectivity index (χ1) is 13.4. The van der Waals surface area contributed by atoms with Gasteiger partial charge in [-0.3, -0.25) is 14.9 Å². The fourth-order valence-electron chi connectivity index (χ4n) is 2.62. The summed E-state index contributed by atoms with van der Waals surface area (Å²) in [6.07, 6.45) is 1.17. The van der Waals surface area contributed by atoms with Crippen molar-refractivity contribution < 1.29 is 8.78 Å². The lowest BCUT2D eigenvalue weighted by Crippen LogP contribution is -2.28. The molecule has 1 aromatic heterocycles. The van der Waals surface area contributed by atoms with Crippen LogP contribution in [-0.2, 0) is 7.05 Å². The maximum atomic E-state index is 13.6. The fraction of sp³-hybridized carbons (Fsp3) is 0.105. The smallest absolute Gasteiger partial charge is 0.295 e. The van der Waals surface area contributed by atoms with Crippen molar-refractivity contribution in [2.45, 2.75) is 6.92 Å². The number of hydrogen-bond acceptors (Lipinski definition) is 3. The van der Waals surface area contributed by atoms with Gasteiger partial charge in [0.25, 0.3) is 5.56 Å². The van der Waals surface area contributed by atoms with Crippen LogP contribution in [0.15, 0.2) is 58.4 Å². The highest BCUT2D eigenvalue weighted by Crippen LogP contribution is 2.13. The van der Waals surface area contributed by atoms with Gasteiger partial charge in [-0.2, -0.15) is 5.10 Å². The van der Waals surface area contributed by atoms with Gasteiger partial charge in [-0.15, -0.1) is 0 Å². The number of nitrogens with one attached hydrogen (secondary N) is 2. The van der Waals surface area contributed by atoms with E-state index in [9.17, 15) is 13.6 Å². The predicted molar refractivity (Wildman–Crippen MR) is 109 cm³/mol. The van der Waals surface area contributed by atoms with Crippen molar-refractivity contribution in [3.63, 3.8) is 0 Å². The number of benzene rings is 2. The number of nitrogens with zero attached hydrogens (tertiary/aromatic N) is 3. The van der Waals surface area contributed by atoms with E-state index < -0.39 is 11.6 Å². The molecule has 9 heteroatoms. The van der Waals surface area contributed by atoms with Crippen LogP contribution < -0.4 is 16.3 Å². The molecule has 0 saturated heterocycles. The Kier molecular flexibility index (Phi) is 5.65. The Bertz CT molecular complexity index is 1110. The van der Waals surface area contributed by atoms with E-state index in [0.717, 1.165) is 17.8 Å². The zero-order valence-electron chi connectivity index (χ0n) is 15.1. The third-order valence-electron chi connectivity index (χ3n) is 4.12. The summed E-state index contributed by atoms with van der Waals surface area (Å²) >= 11 is 5.15. The number of hydrogen-bond donors (Lipinski definition) is 2. The second-order valence-electron chi connectivity index (χ2n) is 5.93. The number of aromatic nitrogens is 2. The lowest BCUT2D eigenvalue weighted by Gasteiger charge is -2.07. The highest BCUT2D eigenvalue weighted by atomic mass is 32.1. The Morgan fingerprint density at radius 1 is 1.18 bits per heavy atom. The Hall–Kier alpha value is -3.33. The lowest BCUT2D eigenvalue weighted by atomic mass is 10.2. The molecule has 6 nitrogen and oxygen atoms in total. The fourth-order valence-corrected chi connectivity index (χ4v) is 2.78. The molecule has 3 aromatic rings. The van der Waals surface area contributed by atoms with Crippen LogP contribution in [0, 0.1) is 18.6 Å². The molecule has 2 aromatic carbocycles. The first-order valence-corrected chi connectivity index (χ1v) is 8.68. The van der Waals surface area contributed by atoms with E-state index >= 15 is 0 Å². The molecule has 2 N–H and O–H groups in total. The number of thiocarbonyl (C=S) groups is 1. The monoisotopic (exact) mass is 401 g/mol. The molecule has 0 bridgehead atoms. The standard InChI is InChI=1S/C19H17F2N5OS/c1-12-17(18(27)26(25(12)2)15-6-4-3-5-7-15)23-19(28)24-22-11-13-8-9-14(20)10-16(13)21/h3-11H,1-2H3,(H2,23,24,28)/b22-11-. The average molecular weight is 401 g/mol. The quantitative estimate of drug-likeness (QED) is 0.401. The Labute approximate surface area is 165 Å². The molecule has 0 aliphatic heterocycles. The minimum atomic E-state index is -0.742. The van der Waals surface area contributed by atoms with Crippen molar-refractivity contribution in [3.05, 3.63) is 81.8 Å². The summed E-state index contributed by atoms with van der Waals surface area (Å²) in [6, 6.07) is 12.3. The van der Waals surface area contributed by atoms with Gasteiger partial charge in [0.1, 0.15) is 17.3 Å². The molecule has 28 heavy (non-hydrogen) atoms. The average Bonchev–Trinajstić information content (AvgIpc) is 2.87. The molecule has 0 atom stereocenters. The summed E-state index contributed by atoms with van der Waals surface area (Å²) in [6.45, 7) is 1.78. The van der Waals surface area contributed by atoms with Gasteiger partial charge in [-0.1, -0.05) is 18.2 Å².